The Morgan fingerprint density at radius 1 is 1.46 bits per heavy atom. The maximum Gasteiger partial charge on any atom is 0.288 e. The highest BCUT2D eigenvalue weighted by Crippen LogP contribution is 2.28. The van der Waals surface area contributed by atoms with Gasteiger partial charge in [0.05, 0.1) is 4.47 Å². The molecule has 0 fully saturated rings. The fourth-order valence-corrected chi connectivity index (χ4v) is 1.25. The van der Waals surface area contributed by atoms with Gasteiger partial charge in [0.25, 0.3) is 5.92 Å². The van der Waals surface area contributed by atoms with E-state index in [1.54, 1.807) is 7.05 Å². The molecule has 1 heterocycles. The summed E-state index contributed by atoms with van der Waals surface area (Å²) in [5, 5.41) is 9.67. The lowest BCUT2D eigenvalue weighted by Crippen LogP contribution is -2.11. The van der Waals surface area contributed by atoms with Crippen LogP contribution in [-0.4, -0.2) is 17.2 Å². The quantitative estimate of drug-likeness (QED) is 0.878. The van der Waals surface area contributed by atoms with Crippen LogP contribution in [0.2, 0.25) is 0 Å². The number of anilines is 1. The third-order valence-corrected chi connectivity index (χ3v) is 2.04. The molecule has 0 saturated carbocycles. The third kappa shape index (κ3) is 2.33. The highest BCUT2D eigenvalue weighted by atomic mass is 79.9. The lowest BCUT2D eigenvalue weighted by atomic mass is 10.2. The van der Waals surface area contributed by atoms with Crippen molar-refractivity contribution in [2.75, 3.05) is 12.4 Å². The van der Waals surface area contributed by atoms with Gasteiger partial charge in [0.2, 0.25) is 0 Å². The van der Waals surface area contributed by atoms with Crippen LogP contribution in [0, 0.1) is 0 Å². The van der Waals surface area contributed by atoms with Gasteiger partial charge in [-0.05, 0) is 22.0 Å². The van der Waals surface area contributed by atoms with E-state index >= 15 is 0 Å². The second-order valence-electron chi connectivity index (χ2n) is 2.56. The average molecular weight is 252 g/mol. The third-order valence-electron chi connectivity index (χ3n) is 1.43. The fraction of sp³-hybridized carbons (Fsp3) is 0.429. The molecular weight excluding hydrogens is 244 g/mol. The molecule has 0 aliphatic carbocycles. The van der Waals surface area contributed by atoms with E-state index in [4.69, 9.17) is 0 Å². The minimum absolute atomic E-state index is 0.349. The van der Waals surface area contributed by atoms with Gasteiger partial charge in [0, 0.05) is 14.0 Å². The van der Waals surface area contributed by atoms with Crippen LogP contribution in [0.5, 0.6) is 0 Å². The van der Waals surface area contributed by atoms with Crippen molar-refractivity contribution < 1.29 is 8.78 Å². The van der Waals surface area contributed by atoms with Crippen LogP contribution >= 0.6 is 15.9 Å². The lowest BCUT2D eigenvalue weighted by molar-refractivity contribution is 0.0118. The molecule has 1 aromatic heterocycles. The summed E-state index contributed by atoms with van der Waals surface area (Å²) < 4.78 is 25.9. The van der Waals surface area contributed by atoms with E-state index in [1.165, 1.54) is 6.07 Å². The molecule has 0 bridgehead atoms. The van der Waals surface area contributed by atoms with Gasteiger partial charge in [-0.2, -0.15) is 8.78 Å². The molecule has 0 radical (unpaired) electrons. The number of hydrogen-bond acceptors (Lipinski definition) is 3. The van der Waals surface area contributed by atoms with E-state index < -0.39 is 5.92 Å². The summed E-state index contributed by atoms with van der Waals surface area (Å²) in [6.07, 6.45) is 0. The van der Waals surface area contributed by atoms with E-state index in [2.05, 4.69) is 31.4 Å². The van der Waals surface area contributed by atoms with Crippen LogP contribution in [0.4, 0.5) is 14.6 Å². The molecule has 1 rings (SSSR count). The first-order chi connectivity index (χ1) is 5.95. The number of halogens is 3. The minimum atomic E-state index is -2.96. The summed E-state index contributed by atoms with van der Waals surface area (Å²) in [7, 11) is 1.64. The zero-order chi connectivity index (χ0) is 10.1. The minimum Gasteiger partial charge on any atom is -0.371 e. The van der Waals surface area contributed by atoms with Crippen molar-refractivity contribution >= 4 is 21.7 Å². The predicted octanol–water partition coefficient (Wildman–Crippen LogP) is 2.39. The second kappa shape index (κ2) is 3.53. The normalized spacial score (nSPS) is 11.5. The van der Waals surface area contributed by atoms with Crippen LogP contribution in [0.25, 0.3) is 0 Å². The smallest absolute Gasteiger partial charge is 0.288 e. The van der Waals surface area contributed by atoms with E-state index in [-0.39, 0.29) is 5.69 Å². The Morgan fingerprint density at radius 3 is 2.46 bits per heavy atom. The molecule has 0 saturated heterocycles. The second-order valence-corrected chi connectivity index (χ2v) is 3.42. The Hall–Kier alpha value is -0.780. The van der Waals surface area contributed by atoms with Gasteiger partial charge in [-0.25, -0.2) is 0 Å². The number of alkyl halides is 2. The van der Waals surface area contributed by atoms with Crippen LogP contribution in [0.1, 0.15) is 12.6 Å². The molecule has 1 N–H and O–H groups in total. The Labute approximate surface area is 82.7 Å². The zero-order valence-corrected chi connectivity index (χ0v) is 8.69. The molecule has 1 aromatic rings. The Balaban J connectivity index is 3.10. The van der Waals surface area contributed by atoms with Crippen molar-refractivity contribution in [2.24, 2.45) is 0 Å². The van der Waals surface area contributed by atoms with Gasteiger partial charge in [-0.15, -0.1) is 10.2 Å². The molecule has 72 valence electrons. The summed E-state index contributed by atoms with van der Waals surface area (Å²) in [5.74, 6) is -2.52. The Morgan fingerprint density at radius 2 is 2.08 bits per heavy atom. The summed E-state index contributed by atoms with van der Waals surface area (Å²) in [6.45, 7) is 0.780. The SMILES string of the molecule is CNc1nnc(C(C)(F)F)cc1Br. The number of nitrogens with one attached hydrogen (secondary N) is 1. The first kappa shape index (κ1) is 10.3. The van der Waals surface area contributed by atoms with E-state index in [0.717, 1.165) is 6.92 Å². The summed E-state index contributed by atoms with van der Waals surface area (Å²) in [5.41, 5.74) is -0.349. The monoisotopic (exact) mass is 251 g/mol. The average Bonchev–Trinajstić information content (AvgIpc) is 2.02. The largest absolute Gasteiger partial charge is 0.371 e. The number of aromatic nitrogens is 2. The van der Waals surface area contributed by atoms with Gasteiger partial charge in [-0.1, -0.05) is 0 Å². The van der Waals surface area contributed by atoms with Crippen molar-refractivity contribution in [3.05, 3.63) is 16.2 Å². The van der Waals surface area contributed by atoms with Gasteiger partial charge in [-0.3, -0.25) is 0 Å². The highest BCUT2D eigenvalue weighted by Gasteiger charge is 2.27. The molecular formula is C7H8BrF2N3. The van der Waals surface area contributed by atoms with Gasteiger partial charge >= 0.3 is 0 Å². The number of rotatable bonds is 2. The Kier molecular flexibility index (Phi) is 2.80. The summed E-state index contributed by atoms with van der Waals surface area (Å²) in [4.78, 5) is 0. The zero-order valence-electron chi connectivity index (χ0n) is 7.11. The van der Waals surface area contributed by atoms with Crippen LogP contribution in [-0.2, 0) is 5.92 Å². The van der Waals surface area contributed by atoms with Crippen LogP contribution in [0.15, 0.2) is 10.5 Å². The van der Waals surface area contributed by atoms with Crippen molar-refractivity contribution in [1.82, 2.24) is 10.2 Å². The molecule has 6 heteroatoms. The standard InChI is InChI=1S/C7H8BrF2N3/c1-7(9,10)5-3-4(8)6(11-2)13-12-5/h3H,1-2H3,(H,11,13). The van der Waals surface area contributed by atoms with Crippen LogP contribution < -0.4 is 5.32 Å². The van der Waals surface area contributed by atoms with Gasteiger partial charge < -0.3 is 5.32 Å². The topological polar surface area (TPSA) is 37.8 Å². The Bertz CT molecular complexity index is 311. The van der Waals surface area contributed by atoms with E-state index in [9.17, 15) is 8.78 Å². The van der Waals surface area contributed by atoms with E-state index in [0.29, 0.717) is 10.3 Å². The molecule has 0 amide bonds. The molecule has 13 heavy (non-hydrogen) atoms. The summed E-state index contributed by atoms with van der Waals surface area (Å²) in [6, 6.07) is 1.25. The molecule has 0 atom stereocenters. The summed E-state index contributed by atoms with van der Waals surface area (Å²) >= 11 is 3.10. The molecule has 0 unspecified atom stereocenters. The van der Waals surface area contributed by atoms with E-state index in [1.807, 2.05) is 0 Å². The maximum absolute atomic E-state index is 12.7. The molecule has 3 nitrogen and oxygen atoms in total. The van der Waals surface area contributed by atoms with Gasteiger partial charge in [0.1, 0.15) is 5.69 Å². The maximum atomic E-state index is 12.7. The number of nitrogens with zero attached hydrogens (tertiary/aromatic N) is 2. The van der Waals surface area contributed by atoms with Crippen LogP contribution in [0.3, 0.4) is 0 Å². The molecule has 0 spiro atoms. The van der Waals surface area contributed by atoms with Crippen molar-refractivity contribution in [3.8, 4) is 0 Å². The molecule has 0 aliphatic heterocycles. The lowest BCUT2D eigenvalue weighted by Gasteiger charge is -2.09. The first-order valence-electron chi connectivity index (χ1n) is 3.54. The van der Waals surface area contributed by atoms with Gasteiger partial charge in [0.15, 0.2) is 5.82 Å². The first-order valence-corrected chi connectivity index (χ1v) is 4.33. The molecule has 0 aromatic carbocycles. The van der Waals surface area contributed by atoms with Crippen molar-refractivity contribution in [2.45, 2.75) is 12.8 Å². The van der Waals surface area contributed by atoms with Crippen molar-refractivity contribution in [1.29, 1.82) is 0 Å². The number of hydrogen-bond donors (Lipinski definition) is 1. The van der Waals surface area contributed by atoms with Crippen molar-refractivity contribution in [3.63, 3.8) is 0 Å². The molecule has 0 aliphatic rings. The fourth-order valence-electron chi connectivity index (χ4n) is 0.753. The predicted molar refractivity (Wildman–Crippen MR) is 48.8 cm³/mol. The highest BCUT2D eigenvalue weighted by molar-refractivity contribution is 9.10.